The monoisotopic (exact) mass is 401 g/mol. The highest BCUT2D eigenvalue weighted by molar-refractivity contribution is 6.32. The van der Waals surface area contributed by atoms with E-state index in [1.54, 1.807) is 6.07 Å². The van der Waals surface area contributed by atoms with Gasteiger partial charge in [-0.2, -0.15) is 0 Å². The standard InChI is InChI=1S/C23H16ClN3O2/c1-13-10-18-19(12-17(13)24)27-22(26-18)14-6-8-16(9-7-14)25-23(28)21-11-15-4-2-3-5-20(15)29-21/h2-12H,1H3,(H,25,28)(H,26,27). The number of aromatic amines is 1. The molecule has 0 aliphatic heterocycles. The number of carbonyl (C=O) groups excluding carboxylic acids is 1. The van der Waals surface area contributed by atoms with Crippen molar-refractivity contribution in [1.29, 1.82) is 0 Å². The number of aromatic nitrogens is 2. The van der Waals surface area contributed by atoms with Crippen LogP contribution < -0.4 is 5.32 Å². The third-order valence-electron chi connectivity index (χ3n) is 4.83. The van der Waals surface area contributed by atoms with Gasteiger partial charge in [-0.05, 0) is 61.0 Å². The van der Waals surface area contributed by atoms with E-state index >= 15 is 0 Å². The van der Waals surface area contributed by atoms with Crippen molar-refractivity contribution in [3.63, 3.8) is 0 Å². The molecule has 0 atom stereocenters. The summed E-state index contributed by atoms with van der Waals surface area (Å²) in [5, 5.41) is 4.45. The Morgan fingerprint density at radius 1 is 1.07 bits per heavy atom. The topological polar surface area (TPSA) is 70.9 Å². The van der Waals surface area contributed by atoms with Crippen molar-refractivity contribution in [2.24, 2.45) is 0 Å². The molecule has 1 amide bonds. The number of aryl methyl sites for hydroxylation is 1. The van der Waals surface area contributed by atoms with Gasteiger partial charge in [-0.25, -0.2) is 4.98 Å². The quantitative estimate of drug-likeness (QED) is 0.378. The fourth-order valence-electron chi connectivity index (χ4n) is 3.27. The molecule has 5 rings (SSSR count). The number of carbonyl (C=O) groups is 1. The van der Waals surface area contributed by atoms with Crippen molar-refractivity contribution in [1.82, 2.24) is 9.97 Å². The van der Waals surface area contributed by atoms with E-state index in [4.69, 9.17) is 16.0 Å². The summed E-state index contributed by atoms with van der Waals surface area (Å²) in [6, 6.07) is 20.6. The number of anilines is 1. The summed E-state index contributed by atoms with van der Waals surface area (Å²) < 4.78 is 5.61. The number of para-hydroxylation sites is 1. The fraction of sp³-hybridized carbons (Fsp3) is 0.0435. The van der Waals surface area contributed by atoms with Crippen LogP contribution in [0.25, 0.3) is 33.4 Å². The van der Waals surface area contributed by atoms with Crippen molar-refractivity contribution in [3.05, 3.63) is 83.1 Å². The lowest BCUT2D eigenvalue weighted by atomic mass is 10.2. The second kappa shape index (κ2) is 6.79. The number of rotatable bonds is 3. The first kappa shape index (κ1) is 17.5. The number of amides is 1. The Morgan fingerprint density at radius 3 is 2.66 bits per heavy atom. The van der Waals surface area contributed by atoms with Gasteiger partial charge in [0.25, 0.3) is 5.91 Å². The van der Waals surface area contributed by atoms with Crippen molar-refractivity contribution in [3.8, 4) is 11.4 Å². The number of furan rings is 1. The number of nitrogens with zero attached hydrogens (tertiary/aromatic N) is 1. The third-order valence-corrected chi connectivity index (χ3v) is 5.24. The zero-order valence-electron chi connectivity index (χ0n) is 15.5. The smallest absolute Gasteiger partial charge is 0.291 e. The molecule has 2 aromatic heterocycles. The van der Waals surface area contributed by atoms with Crippen LogP contribution in [0.4, 0.5) is 5.69 Å². The highest BCUT2D eigenvalue weighted by Gasteiger charge is 2.13. The first-order valence-corrected chi connectivity index (χ1v) is 9.51. The number of fused-ring (bicyclic) bond motifs is 2. The van der Waals surface area contributed by atoms with Gasteiger partial charge in [-0.15, -0.1) is 0 Å². The van der Waals surface area contributed by atoms with Gasteiger partial charge in [0.2, 0.25) is 0 Å². The molecular weight excluding hydrogens is 386 g/mol. The van der Waals surface area contributed by atoms with Crippen LogP contribution in [0.5, 0.6) is 0 Å². The Balaban J connectivity index is 1.37. The number of benzene rings is 3. The van der Waals surface area contributed by atoms with E-state index in [2.05, 4.69) is 15.3 Å². The average Bonchev–Trinajstić information content (AvgIpc) is 3.33. The van der Waals surface area contributed by atoms with Crippen LogP contribution in [0.1, 0.15) is 16.1 Å². The maximum atomic E-state index is 12.5. The Hall–Kier alpha value is -3.57. The van der Waals surface area contributed by atoms with Crippen LogP contribution in [0.3, 0.4) is 0 Å². The minimum absolute atomic E-state index is 0.278. The molecule has 0 unspecified atom stereocenters. The minimum atomic E-state index is -0.289. The molecule has 6 heteroatoms. The summed E-state index contributed by atoms with van der Waals surface area (Å²) in [4.78, 5) is 20.4. The number of halogens is 1. The number of nitrogens with one attached hydrogen (secondary N) is 2. The summed E-state index contributed by atoms with van der Waals surface area (Å²) in [5.41, 5.74) is 5.03. The number of imidazole rings is 1. The zero-order valence-corrected chi connectivity index (χ0v) is 16.2. The largest absolute Gasteiger partial charge is 0.451 e. The van der Waals surface area contributed by atoms with Gasteiger partial charge in [0, 0.05) is 21.7 Å². The molecule has 2 N–H and O–H groups in total. The van der Waals surface area contributed by atoms with Gasteiger partial charge in [0.15, 0.2) is 5.76 Å². The molecule has 0 fully saturated rings. The molecule has 0 saturated heterocycles. The lowest BCUT2D eigenvalue weighted by Gasteiger charge is -2.04. The maximum Gasteiger partial charge on any atom is 0.291 e. The lowest BCUT2D eigenvalue weighted by Crippen LogP contribution is -2.10. The van der Waals surface area contributed by atoms with Crippen molar-refractivity contribution >= 4 is 45.2 Å². The van der Waals surface area contributed by atoms with E-state index in [9.17, 15) is 4.79 Å². The molecule has 29 heavy (non-hydrogen) atoms. The van der Waals surface area contributed by atoms with E-state index in [1.165, 1.54) is 0 Å². The summed E-state index contributed by atoms with van der Waals surface area (Å²) in [7, 11) is 0. The van der Waals surface area contributed by atoms with Gasteiger partial charge in [0.1, 0.15) is 11.4 Å². The zero-order chi connectivity index (χ0) is 20.0. The van der Waals surface area contributed by atoms with Crippen LogP contribution in [-0.4, -0.2) is 15.9 Å². The van der Waals surface area contributed by atoms with Crippen molar-refractivity contribution in [2.45, 2.75) is 6.92 Å². The van der Waals surface area contributed by atoms with Gasteiger partial charge in [-0.1, -0.05) is 29.8 Å². The maximum absolute atomic E-state index is 12.5. The molecular formula is C23H16ClN3O2. The van der Waals surface area contributed by atoms with Crippen molar-refractivity contribution in [2.75, 3.05) is 5.32 Å². The molecule has 0 radical (unpaired) electrons. The molecule has 0 saturated carbocycles. The van der Waals surface area contributed by atoms with E-state index in [-0.39, 0.29) is 11.7 Å². The predicted molar refractivity (Wildman–Crippen MR) is 115 cm³/mol. The Bertz CT molecular complexity index is 1290. The first-order chi connectivity index (χ1) is 14.1. The summed E-state index contributed by atoms with van der Waals surface area (Å²) in [6.45, 7) is 1.96. The molecule has 5 aromatic rings. The molecule has 3 aromatic carbocycles. The Kier molecular flexibility index (Phi) is 4.11. The van der Waals surface area contributed by atoms with Gasteiger partial charge in [-0.3, -0.25) is 4.79 Å². The van der Waals surface area contributed by atoms with Crippen LogP contribution in [0, 0.1) is 6.92 Å². The molecule has 5 nitrogen and oxygen atoms in total. The minimum Gasteiger partial charge on any atom is -0.451 e. The molecule has 0 aliphatic carbocycles. The van der Waals surface area contributed by atoms with Crippen LogP contribution in [0.2, 0.25) is 5.02 Å². The Morgan fingerprint density at radius 2 is 1.86 bits per heavy atom. The summed E-state index contributed by atoms with van der Waals surface area (Å²) in [5.74, 6) is 0.736. The second-order valence-corrected chi connectivity index (χ2v) is 7.29. The fourth-order valence-corrected chi connectivity index (χ4v) is 3.43. The summed E-state index contributed by atoms with van der Waals surface area (Å²) >= 11 is 6.19. The van der Waals surface area contributed by atoms with E-state index in [0.29, 0.717) is 16.3 Å². The SMILES string of the molecule is Cc1cc2[nH]c(-c3ccc(NC(=O)c4cc5ccccc5o4)cc3)nc2cc1Cl. The van der Waals surface area contributed by atoms with Gasteiger partial charge >= 0.3 is 0 Å². The van der Waals surface area contributed by atoms with Gasteiger partial charge in [0.05, 0.1) is 11.0 Å². The van der Waals surface area contributed by atoms with Crippen LogP contribution >= 0.6 is 11.6 Å². The first-order valence-electron chi connectivity index (χ1n) is 9.13. The number of hydrogen-bond donors (Lipinski definition) is 2. The van der Waals surface area contributed by atoms with E-state index in [1.807, 2.05) is 67.6 Å². The molecule has 142 valence electrons. The average molecular weight is 402 g/mol. The highest BCUT2D eigenvalue weighted by Crippen LogP contribution is 2.26. The number of H-pyrrole nitrogens is 1. The highest BCUT2D eigenvalue weighted by atomic mass is 35.5. The normalized spacial score (nSPS) is 11.2. The van der Waals surface area contributed by atoms with Gasteiger partial charge < -0.3 is 14.7 Å². The van der Waals surface area contributed by atoms with E-state index < -0.39 is 0 Å². The van der Waals surface area contributed by atoms with Crippen LogP contribution in [0.15, 0.2) is 71.1 Å². The Labute approximate surface area is 171 Å². The molecule has 0 spiro atoms. The molecule has 0 bridgehead atoms. The van der Waals surface area contributed by atoms with Crippen molar-refractivity contribution < 1.29 is 9.21 Å². The molecule has 2 heterocycles. The predicted octanol–water partition coefficient (Wildman–Crippen LogP) is 6.19. The number of hydrogen-bond acceptors (Lipinski definition) is 3. The van der Waals surface area contributed by atoms with Crippen LogP contribution in [-0.2, 0) is 0 Å². The molecule has 0 aliphatic rings. The third kappa shape index (κ3) is 3.26. The lowest BCUT2D eigenvalue weighted by molar-refractivity contribution is 0.0998. The van der Waals surface area contributed by atoms with E-state index in [0.717, 1.165) is 33.4 Å². The summed E-state index contributed by atoms with van der Waals surface area (Å²) in [6.07, 6.45) is 0. The second-order valence-electron chi connectivity index (χ2n) is 6.88.